The molecule has 0 fully saturated rings. The van der Waals surface area contributed by atoms with E-state index in [2.05, 4.69) is 0 Å². The number of carboxylic acid groups (broad SMARTS) is 2. The third kappa shape index (κ3) is 5.75. The fourth-order valence-electron chi connectivity index (χ4n) is 0.733. The second kappa shape index (κ2) is 8.78. The van der Waals surface area contributed by atoms with E-state index in [9.17, 15) is 9.59 Å². The van der Waals surface area contributed by atoms with Crippen molar-refractivity contribution in [2.45, 2.75) is 27.7 Å². The standard InChI is InChI=1S/C8H14O4.2Ca.ClH/c1-7(2,3)8(4,5(9)10)6(11)12;;;/h1-4H3,(H,9,10)(H,11,12);;;1H/q;2*+2;. The van der Waals surface area contributed by atoms with Crippen molar-refractivity contribution in [3.63, 3.8) is 0 Å². The van der Waals surface area contributed by atoms with Gasteiger partial charge in [0, 0.05) is 0 Å². The summed E-state index contributed by atoms with van der Waals surface area (Å²) in [4.78, 5) is 21.5. The quantitative estimate of drug-likeness (QED) is 0.584. The van der Waals surface area contributed by atoms with Crippen molar-refractivity contribution in [1.82, 2.24) is 0 Å². The molecule has 0 aromatic heterocycles. The molecule has 0 saturated carbocycles. The van der Waals surface area contributed by atoms with Crippen LogP contribution in [0.3, 0.4) is 0 Å². The van der Waals surface area contributed by atoms with E-state index in [1.807, 2.05) is 0 Å². The molecule has 0 aliphatic rings. The van der Waals surface area contributed by atoms with E-state index in [0.717, 1.165) is 0 Å². The SMILES string of the molecule is CC(C)(C)C(C)(C(=O)O)C(=O)O.Cl.[Ca+2].[Ca+2]. The number of carbonyl (C=O) groups is 2. The first kappa shape index (κ1) is 25.6. The van der Waals surface area contributed by atoms with Crippen LogP contribution in [0.15, 0.2) is 0 Å². The molecule has 0 amide bonds. The van der Waals surface area contributed by atoms with Crippen molar-refractivity contribution < 1.29 is 19.8 Å². The maximum atomic E-state index is 10.7. The molecule has 0 heterocycles. The molecule has 0 unspecified atom stereocenters. The van der Waals surface area contributed by atoms with Crippen LogP contribution >= 0.6 is 12.4 Å². The van der Waals surface area contributed by atoms with Gasteiger partial charge in [0.15, 0.2) is 5.41 Å². The summed E-state index contributed by atoms with van der Waals surface area (Å²) in [5.74, 6) is -2.61. The van der Waals surface area contributed by atoms with Gasteiger partial charge in [-0.25, -0.2) is 0 Å². The molecule has 0 atom stereocenters. The monoisotopic (exact) mass is 290 g/mol. The number of carboxylic acids is 2. The Morgan fingerprint density at radius 2 is 1.07 bits per heavy atom. The largest absolute Gasteiger partial charge is 2.00 e. The van der Waals surface area contributed by atoms with Crippen LogP contribution in [0.25, 0.3) is 0 Å². The Labute approximate surface area is 156 Å². The smallest absolute Gasteiger partial charge is 0.480 e. The molecule has 0 aromatic carbocycles. The van der Waals surface area contributed by atoms with Gasteiger partial charge in [-0.15, -0.1) is 12.4 Å². The first-order valence-corrected chi connectivity index (χ1v) is 3.61. The maximum Gasteiger partial charge on any atom is 2.00 e. The van der Waals surface area contributed by atoms with Gasteiger partial charge >= 0.3 is 87.4 Å². The molecule has 0 aliphatic heterocycles. The van der Waals surface area contributed by atoms with Crippen molar-refractivity contribution in [3.05, 3.63) is 0 Å². The Balaban J connectivity index is -0.000000202. The number of aliphatic carboxylic acids is 2. The van der Waals surface area contributed by atoms with E-state index in [4.69, 9.17) is 10.2 Å². The summed E-state index contributed by atoms with van der Waals surface area (Å²) in [5.41, 5.74) is -2.53. The van der Waals surface area contributed by atoms with Crippen molar-refractivity contribution in [3.8, 4) is 0 Å². The first-order chi connectivity index (χ1) is 5.14. The number of halogens is 1. The Morgan fingerprint density at radius 3 is 1.07 bits per heavy atom. The van der Waals surface area contributed by atoms with Crippen LogP contribution in [0, 0.1) is 10.8 Å². The normalized spacial score (nSPS) is 10.1. The van der Waals surface area contributed by atoms with Gasteiger partial charge in [-0.05, 0) is 12.3 Å². The van der Waals surface area contributed by atoms with Crippen molar-refractivity contribution in [2.24, 2.45) is 10.8 Å². The maximum absolute atomic E-state index is 10.7. The molecule has 0 spiro atoms. The van der Waals surface area contributed by atoms with Crippen LogP contribution in [0.2, 0.25) is 0 Å². The molecule has 7 heteroatoms. The summed E-state index contributed by atoms with van der Waals surface area (Å²) in [6.07, 6.45) is 0. The molecule has 0 aromatic rings. The third-order valence-electron chi connectivity index (χ3n) is 2.36. The van der Waals surface area contributed by atoms with Gasteiger partial charge in [0.1, 0.15) is 0 Å². The molecular weight excluding hydrogens is 276 g/mol. The first-order valence-electron chi connectivity index (χ1n) is 3.61. The second-order valence-electron chi connectivity index (χ2n) is 3.99. The molecule has 0 saturated heterocycles. The number of hydrogen-bond acceptors (Lipinski definition) is 2. The van der Waals surface area contributed by atoms with Gasteiger partial charge in [-0.1, -0.05) is 20.8 Å². The minimum Gasteiger partial charge on any atom is -0.480 e. The van der Waals surface area contributed by atoms with E-state index >= 15 is 0 Å². The Morgan fingerprint density at radius 1 is 0.867 bits per heavy atom. The zero-order valence-electron chi connectivity index (χ0n) is 9.53. The van der Waals surface area contributed by atoms with Gasteiger partial charge in [-0.3, -0.25) is 9.59 Å². The van der Waals surface area contributed by atoms with Crippen LogP contribution in [-0.2, 0) is 9.59 Å². The average Bonchev–Trinajstić information content (AvgIpc) is 1.82. The van der Waals surface area contributed by atoms with Gasteiger partial charge in [0.2, 0.25) is 0 Å². The summed E-state index contributed by atoms with van der Waals surface area (Å²) in [6.45, 7) is 6.00. The van der Waals surface area contributed by atoms with Crippen molar-refractivity contribution in [2.75, 3.05) is 0 Å². The molecule has 0 rings (SSSR count). The summed E-state index contributed by atoms with van der Waals surface area (Å²) in [5, 5.41) is 17.5. The molecule has 78 valence electrons. The average molecular weight is 291 g/mol. The Hall–Kier alpha value is 1.75. The summed E-state index contributed by atoms with van der Waals surface area (Å²) in [7, 11) is 0. The molecule has 0 aliphatic carbocycles. The Kier molecular flexibility index (Phi) is 15.0. The third-order valence-corrected chi connectivity index (χ3v) is 2.36. The van der Waals surface area contributed by atoms with Crippen LogP contribution in [0.5, 0.6) is 0 Å². The van der Waals surface area contributed by atoms with Crippen LogP contribution < -0.4 is 0 Å². The van der Waals surface area contributed by atoms with E-state index in [0.29, 0.717) is 0 Å². The van der Waals surface area contributed by atoms with Crippen LogP contribution in [0.4, 0.5) is 0 Å². The van der Waals surface area contributed by atoms with E-state index in [1.54, 1.807) is 20.8 Å². The number of hydrogen-bond donors (Lipinski definition) is 2. The summed E-state index contributed by atoms with van der Waals surface area (Å²) in [6, 6.07) is 0. The van der Waals surface area contributed by atoms with Crippen LogP contribution in [-0.4, -0.2) is 97.6 Å². The minimum absolute atomic E-state index is 0. The Bertz CT molecular complexity index is 211. The van der Waals surface area contributed by atoms with E-state index < -0.39 is 22.8 Å². The second-order valence-corrected chi connectivity index (χ2v) is 3.99. The molecule has 0 radical (unpaired) electrons. The van der Waals surface area contributed by atoms with Gasteiger partial charge in [-0.2, -0.15) is 0 Å². The summed E-state index contributed by atoms with van der Waals surface area (Å²) < 4.78 is 0. The van der Waals surface area contributed by atoms with Crippen LogP contribution in [0.1, 0.15) is 27.7 Å². The predicted octanol–water partition coefficient (Wildman–Crippen LogP) is 0.868. The molecule has 4 nitrogen and oxygen atoms in total. The molecule has 15 heavy (non-hydrogen) atoms. The van der Waals surface area contributed by atoms with Crippen molar-refractivity contribution >= 4 is 99.8 Å². The fraction of sp³-hybridized carbons (Fsp3) is 0.750. The zero-order valence-corrected chi connectivity index (χ0v) is 14.8. The van der Waals surface area contributed by atoms with Crippen molar-refractivity contribution in [1.29, 1.82) is 0 Å². The topological polar surface area (TPSA) is 74.6 Å². The van der Waals surface area contributed by atoms with Gasteiger partial charge in [0.25, 0.3) is 0 Å². The van der Waals surface area contributed by atoms with E-state index in [1.165, 1.54) is 6.92 Å². The zero-order chi connectivity index (χ0) is 10.2. The summed E-state index contributed by atoms with van der Waals surface area (Å²) >= 11 is 0. The molecule has 0 bridgehead atoms. The van der Waals surface area contributed by atoms with E-state index in [-0.39, 0.29) is 87.9 Å². The van der Waals surface area contributed by atoms with Gasteiger partial charge < -0.3 is 10.2 Å². The number of rotatable bonds is 2. The molecule has 2 N–H and O–H groups in total. The molecular formula is C8H15Ca2ClO4+4. The predicted molar refractivity (Wildman–Crippen MR) is 61.6 cm³/mol. The fourth-order valence-corrected chi connectivity index (χ4v) is 0.733. The minimum atomic E-state index is -1.73. The van der Waals surface area contributed by atoms with Gasteiger partial charge in [0.05, 0.1) is 0 Å².